The first kappa shape index (κ1) is 17.9. The van der Waals surface area contributed by atoms with Crippen molar-refractivity contribution in [1.29, 1.82) is 0 Å². The molecule has 0 spiro atoms. The molecule has 3 atom stereocenters. The molecule has 0 heterocycles. The molecule has 1 unspecified atom stereocenters. The molecule has 3 nitrogen and oxygen atoms in total. The van der Waals surface area contributed by atoms with E-state index in [4.69, 9.17) is 4.74 Å². The summed E-state index contributed by atoms with van der Waals surface area (Å²) in [6.07, 6.45) is 5.61. The third-order valence-electron chi connectivity index (χ3n) is 7.47. The number of ketones is 2. The molecule has 4 aliphatic carbocycles. The number of ether oxygens (including phenoxy) is 1. The topological polar surface area (TPSA) is 43.4 Å². The number of aryl methyl sites for hydroxylation is 3. The lowest BCUT2D eigenvalue weighted by Crippen LogP contribution is -2.55. The highest BCUT2D eigenvalue weighted by atomic mass is 16.5. The summed E-state index contributed by atoms with van der Waals surface area (Å²) in [5.41, 5.74) is 4.18. The quantitative estimate of drug-likeness (QED) is 0.762. The highest BCUT2D eigenvalue weighted by Crippen LogP contribution is 2.59. The molecule has 0 N–H and O–H groups in total. The van der Waals surface area contributed by atoms with Crippen molar-refractivity contribution in [1.82, 2.24) is 0 Å². The van der Waals surface area contributed by atoms with E-state index in [9.17, 15) is 9.59 Å². The largest absolute Gasteiger partial charge is 0.377 e. The third kappa shape index (κ3) is 2.29. The van der Waals surface area contributed by atoms with Gasteiger partial charge in [0.2, 0.25) is 0 Å². The number of rotatable bonds is 4. The summed E-state index contributed by atoms with van der Waals surface area (Å²) in [6, 6.07) is 4.33. The number of hydrogen-bond acceptors (Lipinski definition) is 3. The second-order valence-corrected chi connectivity index (χ2v) is 8.55. The summed E-state index contributed by atoms with van der Waals surface area (Å²) in [6.45, 7) is 6.34. The van der Waals surface area contributed by atoms with E-state index in [0.29, 0.717) is 5.92 Å². The van der Waals surface area contributed by atoms with Crippen molar-refractivity contribution in [3.63, 3.8) is 0 Å². The molecule has 0 aromatic heterocycles. The van der Waals surface area contributed by atoms with Gasteiger partial charge in [0.1, 0.15) is 5.92 Å². The molecule has 4 fully saturated rings. The van der Waals surface area contributed by atoms with Crippen LogP contribution in [0.15, 0.2) is 12.1 Å². The molecule has 4 aliphatic rings. The van der Waals surface area contributed by atoms with Crippen molar-refractivity contribution in [3.8, 4) is 0 Å². The molecule has 5 rings (SSSR count). The van der Waals surface area contributed by atoms with Crippen molar-refractivity contribution >= 4 is 11.6 Å². The van der Waals surface area contributed by atoms with Crippen LogP contribution in [0.4, 0.5) is 0 Å². The van der Waals surface area contributed by atoms with Crippen LogP contribution in [0.25, 0.3) is 0 Å². The molecular weight excluding hydrogens is 324 g/mol. The number of carbonyl (C=O) groups is 2. The smallest absolute Gasteiger partial charge is 0.154 e. The van der Waals surface area contributed by atoms with E-state index in [0.717, 1.165) is 44.1 Å². The summed E-state index contributed by atoms with van der Waals surface area (Å²) in [7, 11) is 1.73. The molecule has 4 saturated carbocycles. The van der Waals surface area contributed by atoms with E-state index in [1.165, 1.54) is 16.7 Å². The molecule has 1 aromatic rings. The van der Waals surface area contributed by atoms with E-state index in [1.54, 1.807) is 7.11 Å². The van der Waals surface area contributed by atoms with E-state index in [2.05, 4.69) is 32.9 Å². The van der Waals surface area contributed by atoms with Gasteiger partial charge in [0.25, 0.3) is 0 Å². The first-order chi connectivity index (χ1) is 12.5. The number of carbonyl (C=O) groups excluding carboxylic acids is 2. The first-order valence-electron chi connectivity index (χ1n) is 10.2. The van der Waals surface area contributed by atoms with Gasteiger partial charge in [-0.25, -0.2) is 0 Å². The van der Waals surface area contributed by atoms with Gasteiger partial charge in [-0.15, -0.1) is 0 Å². The van der Waals surface area contributed by atoms with Crippen molar-refractivity contribution < 1.29 is 14.3 Å². The Morgan fingerprint density at radius 1 is 1.04 bits per heavy atom. The normalized spacial score (nSPS) is 35.8. The zero-order chi connectivity index (χ0) is 18.6. The maximum absolute atomic E-state index is 13.6. The van der Waals surface area contributed by atoms with Crippen molar-refractivity contribution in [2.75, 3.05) is 7.11 Å². The van der Waals surface area contributed by atoms with Crippen molar-refractivity contribution in [2.45, 2.75) is 70.8 Å². The van der Waals surface area contributed by atoms with Crippen molar-refractivity contribution in [3.05, 3.63) is 34.4 Å². The van der Waals surface area contributed by atoms with E-state index < -0.39 is 11.5 Å². The van der Waals surface area contributed by atoms with Crippen LogP contribution in [0.2, 0.25) is 0 Å². The fourth-order valence-corrected chi connectivity index (χ4v) is 6.27. The summed E-state index contributed by atoms with van der Waals surface area (Å²) < 4.78 is 5.94. The minimum atomic E-state index is -0.566. The van der Waals surface area contributed by atoms with Gasteiger partial charge in [-0.05, 0) is 68.1 Å². The van der Waals surface area contributed by atoms with E-state index in [-0.39, 0.29) is 23.4 Å². The Hall–Kier alpha value is -1.48. The van der Waals surface area contributed by atoms with E-state index in [1.807, 2.05) is 0 Å². The number of hydrogen-bond donors (Lipinski definition) is 0. The summed E-state index contributed by atoms with van der Waals surface area (Å²) in [5, 5.41) is 0. The average Bonchev–Trinajstić information content (AvgIpc) is 2.95. The van der Waals surface area contributed by atoms with Crippen LogP contribution in [-0.4, -0.2) is 24.3 Å². The number of methoxy groups -OCH3 is 1. The minimum absolute atomic E-state index is 0.120. The van der Waals surface area contributed by atoms with Crippen molar-refractivity contribution in [2.24, 2.45) is 17.8 Å². The molecule has 26 heavy (non-hydrogen) atoms. The lowest BCUT2D eigenvalue weighted by atomic mass is 9.57. The molecule has 1 aromatic carbocycles. The van der Waals surface area contributed by atoms with Crippen LogP contribution in [0.3, 0.4) is 0 Å². The Labute approximate surface area is 156 Å². The highest BCUT2D eigenvalue weighted by molar-refractivity contribution is 6.17. The van der Waals surface area contributed by atoms with Crippen LogP contribution in [0.5, 0.6) is 0 Å². The van der Waals surface area contributed by atoms with Gasteiger partial charge >= 0.3 is 0 Å². The molecule has 3 heteroatoms. The molecule has 2 bridgehead atoms. The van der Waals surface area contributed by atoms with Gasteiger partial charge in [-0.1, -0.05) is 31.5 Å². The second kappa shape index (κ2) is 6.30. The average molecular weight is 354 g/mol. The molecule has 0 amide bonds. The Morgan fingerprint density at radius 3 is 2.12 bits per heavy atom. The number of benzene rings is 1. The maximum atomic E-state index is 13.6. The molecule has 140 valence electrons. The maximum Gasteiger partial charge on any atom is 0.154 e. The van der Waals surface area contributed by atoms with Crippen LogP contribution in [0, 0.1) is 24.7 Å². The fourth-order valence-electron chi connectivity index (χ4n) is 6.27. The van der Waals surface area contributed by atoms with Gasteiger partial charge in [-0.2, -0.15) is 0 Å². The van der Waals surface area contributed by atoms with Gasteiger partial charge in [-0.3, -0.25) is 9.59 Å². The van der Waals surface area contributed by atoms with Gasteiger partial charge < -0.3 is 4.74 Å². The second-order valence-electron chi connectivity index (χ2n) is 8.55. The van der Waals surface area contributed by atoms with Gasteiger partial charge in [0, 0.05) is 13.0 Å². The van der Waals surface area contributed by atoms with Crippen LogP contribution in [0.1, 0.15) is 67.7 Å². The Balaban J connectivity index is 1.85. The molecular formula is C23H30O3. The Bertz CT molecular complexity index is 730. The number of fused-ring (bicyclic) bond motifs is 2. The summed E-state index contributed by atoms with van der Waals surface area (Å²) in [4.78, 5) is 27.2. The zero-order valence-electron chi connectivity index (χ0n) is 16.4. The summed E-state index contributed by atoms with van der Waals surface area (Å²) >= 11 is 0. The van der Waals surface area contributed by atoms with Crippen LogP contribution >= 0.6 is 0 Å². The Morgan fingerprint density at radius 2 is 1.62 bits per heavy atom. The third-order valence-corrected chi connectivity index (χ3v) is 7.47. The van der Waals surface area contributed by atoms with Crippen LogP contribution in [-0.2, 0) is 27.2 Å². The molecule has 0 radical (unpaired) electrons. The zero-order valence-corrected chi connectivity index (χ0v) is 16.4. The predicted molar refractivity (Wildman–Crippen MR) is 101 cm³/mol. The SMILES string of the molecule is CCc1cc(C)cc(CC)c1C1C(=O)[C@H]2C3CCC(OC)(CC3)[C@H]2C1=O. The van der Waals surface area contributed by atoms with Crippen LogP contribution < -0.4 is 0 Å². The molecule has 0 aliphatic heterocycles. The first-order valence-corrected chi connectivity index (χ1v) is 10.2. The lowest BCUT2D eigenvalue weighted by Gasteiger charge is -2.52. The minimum Gasteiger partial charge on any atom is -0.377 e. The lowest BCUT2D eigenvalue weighted by molar-refractivity contribution is -0.166. The predicted octanol–water partition coefficient (Wildman–Crippen LogP) is 4.18. The highest BCUT2D eigenvalue weighted by Gasteiger charge is 2.65. The van der Waals surface area contributed by atoms with E-state index >= 15 is 0 Å². The van der Waals surface area contributed by atoms with Gasteiger partial charge in [0.05, 0.1) is 11.5 Å². The molecule has 0 saturated heterocycles. The summed E-state index contributed by atoms with van der Waals surface area (Å²) in [5.74, 6) is -0.222. The fraction of sp³-hybridized carbons (Fsp3) is 0.652. The monoisotopic (exact) mass is 354 g/mol. The van der Waals surface area contributed by atoms with Gasteiger partial charge in [0.15, 0.2) is 11.6 Å². The Kier molecular flexibility index (Phi) is 4.34. The number of Topliss-reactive ketones (excluding diaryl/α,β-unsaturated/α-hetero) is 2. The standard InChI is InChI=1S/C23H30O3/c1-5-14-11-13(3)12-15(6-2)17(14)19-21(24)18-16-7-9-23(26-4,10-8-16)20(18)22(19)25/h11-12,16,18-20H,5-10H2,1-4H3/t16?,18-,19?,20+,23?/m0/s1.